The average molecular weight is 241 g/mol. The van der Waals surface area contributed by atoms with Crippen LogP contribution in [0.1, 0.15) is 20.3 Å². The summed E-state index contributed by atoms with van der Waals surface area (Å²) in [5, 5.41) is 0. The van der Waals surface area contributed by atoms with E-state index in [9.17, 15) is 4.79 Å². The summed E-state index contributed by atoms with van der Waals surface area (Å²) in [6.45, 7) is 10.2. The predicted molar refractivity (Wildman–Crippen MR) is 66.8 cm³/mol. The summed E-state index contributed by atoms with van der Waals surface area (Å²) in [6.07, 6.45) is 2.49. The van der Waals surface area contributed by atoms with Gasteiger partial charge in [0.05, 0.1) is 13.7 Å². The van der Waals surface area contributed by atoms with Crippen LogP contribution in [-0.4, -0.2) is 49.8 Å². The molecule has 0 aromatic carbocycles. The zero-order valence-electron chi connectivity index (χ0n) is 11.0. The summed E-state index contributed by atoms with van der Waals surface area (Å²) < 4.78 is 10.1. The maximum atomic E-state index is 11.4. The average Bonchev–Trinajstić information content (AvgIpc) is 2.37. The first-order valence-electron chi connectivity index (χ1n) is 6.14. The number of methoxy groups -OCH3 is 1. The Morgan fingerprint density at radius 3 is 2.94 bits per heavy atom. The van der Waals surface area contributed by atoms with Crippen LogP contribution in [0.25, 0.3) is 0 Å². The van der Waals surface area contributed by atoms with Crippen molar-refractivity contribution in [1.82, 2.24) is 4.90 Å². The predicted octanol–water partition coefficient (Wildman–Crippen LogP) is 1.46. The molecule has 0 aromatic heterocycles. The molecular weight excluding hydrogens is 218 g/mol. The van der Waals surface area contributed by atoms with Crippen molar-refractivity contribution in [1.29, 1.82) is 0 Å². The number of hydrogen-bond donors (Lipinski definition) is 0. The van der Waals surface area contributed by atoms with Crippen molar-refractivity contribution in [3.05, 3.63) is 12.7 Å². The van der Waals surface area contributed by atoms with Gasteiger partial charge >= 0.3 is 5.97 Å². The lowest BCUT2D eigenvalue weighted by Crippen LogP contribution is -2.51. The van der Waals surface area contributed by atoms with Gasteiger partial charge in [0, 0.05) is 19.1 Å². The summed E-state index contributed by atoms with van der Waals surface area (Å²) in [5.41, 5.74) is 0. The zero-order valence-corrected chi connectivity index (χ0v) is 11.0. The number of carbonyl (C=O) groups excluding carboxylic acids is 1. The molecule has 0 N–H and O–H groups in total. The van der Waals surface area contributed by atoms with E-state index in [0.717, 1.165) is 13.0 Å². The number of ether oxygens (including phenoxy) is 2. The quantitative estimate of drug-likeness (QED) is 0.539. The SMILES string of the molecule is C=CCC(C)C(C)N1CCOC(C(=O)OC)C1. The van der Waals surface area contributed by atoms with E-state index in [1.807, 2.05) is 6.08 Å². The fourth-order valence-corrected chi connectivity index (χ4v) is 2.13. The molecule has 1 heterocycles. The number of morpholine rings is 1. The number of hydrogen-bond acceptors (Lipinski definition) is 4. The van der Waals surface area contributed by atoms with Crippen molar-refractivity contribution in [3.8, 4) is 0 Å². The highest BCUT2D eigenvalue weighted by atomic mass is 16.6. The first kappa shape index (κ1) is 14.2. The van der Waals surface area contributed by atoms with Crippen LogP contribution >= 0.6 is 0 Å². The molecule has 1 saturated heterocycles. The van der Waals surface area contributed by atoms with Crippen LogP contribution in [0, 0.1) is 5.92 Å². The molecule has 0 aliphatic carbocycles. The van der Waals surface area contributed by atoms with E-state index in [4.69, 9.17) is 9.47 Å². The summed E-state index contributed by atoms with van der Waals surface area (Å²) in [4.78, 5) is 13.7. The summed E-state index contributed by atoms with van der Waals surface area (Å²) in [6, 6.07) is 0.420. The smallest absolute Gasteiger partial charge is 0.336 e. The molecule has 3 unspecified atom stereocenters. The van der Waals surface area contributed by atoms with Crippen LogP contribution in [0.5, 0.6) is 0 Å². The highest BCUT2D eigenvalue weighted by Crippen LogP contribution is 2.18. The third kappa shape index (κ3) is 3.82. The van der Waals surface area contributed by atoms with E-state index in [0.29, 0.717) is 25.1 Å². The number of carbonyl (C=O) groups is 1. The number of rotatable bonds is 5. The van der Waals surface area contributed by atoms with Gasteiger partial charge in [-0.05, 0) is 19.3 Å². The van der Waals surface area contributed by atoms with Crippen LogP contribution in [-0.2, 0) is 14.3 Å². The minimum absolute atomic E-state index is 0.279. The first-order chi connectivity index (χ1) is 8.10. The van der Waals surface area contributed by atoms with Gasteiger partial charge in [-0.15, -0.1) is 6.58 Å². The van der Waals surface area contributed by atoms with Crippen LogP contribution in [0.4, 0.5) is 0 Å². The van der Waals surface area contributed by atoms with E-state index in [1.54, 1.807) is 0 Å². The maximum Gasteiger partial charge on any atom is 0.336 e. The molecule has 0 aromatic rings. The van der Waals surface area contributed by atoms with Crippen LogP contribution in [0.3, 0.4) is 0 Å². The Morgan fingerprint density at radius 2 is 2.35 bits per heavy atom. The Hall–Kier alpha value is -0.870. The fraction of sp³-hybridized carbons (Fsp3) is 0.769. The van der Waals surface area contributed by atoms with Crippen LogP contribution in [0.2, 0.25) is 0 Å². The lowest BCUT2D eigenvalue weighted by molar-refractivity contribution is -0.161. The summed E-state index contributed by atoms with van der Waals surface area (Å²) in [5.74, 6) is 0.252. The molecule has 0 saturated carbocycles. The van der Waals surface area contributed by atoms with E-state index in [1.165, 1.54) is 7.11 Å². The van der Waals surface area contributed by atoms with Gasteiger partial charge in [-0.25, -0.2) is 4.79 Å². The minimum atomic E-state index is -0.438. The zero-order chi connectivity index (χ0) is 12.8. The molecule has 0 bridgehead atoms. The molecule has 1 aliphatic rings. The Bertz CT molecular complexity index is 267. The molecule has 0 amide bonds. The molecule has 3 atom stereocenters. The van der Waals surface area contributed by atoms with Gasteiger partial charge in [-0.3, -0.25) is 4.90 Å². The van der Waals surface area contributed by atoms with E-state index in [-0.39, 0.29) is 5.97 Å². The van der Waals surface area contributed by atoms with Crippen molar-refractivity contribution in [2.45, 2.75) is 32.4 Å². The third-order valence-corrected chi connectivity index (χ3v) is 3.50. The van der Waals surface area contributed by atoms with Gasteiger partial charge in [-0.1, -0.05) is 13.0 Å². The van der Waals surface area contributed by atoms with Crippen LogP contribution in [0.15, 0.2) is 12.7 Å². The van der Waals surface area contributed by atoms with Crippen molar-refractivity contribution in [2.75, 3.05) is 26.8 Å². The normalized spacial score (nSPS) is 25.0. The lowest BCUT2D eigenvalue weighted by atomic mass is 9.97. The van der Waals surface area contributed by atoms with Gasteiger partial charge < -0.3 is 9.47 Å². The second kappa shape index (κ2) is 6.77. The highest BCUT2D eigenvalue weighted by molar-refractivity contribution is 5.74. The minimum Gasteiger partial charge on any atom is -0.467 e. The molecule has 0 radical (unpaired) electrons. The molecule has 4 nitrogen and oxygen atoms in total. The van der Waals surface area contributed by atoms with Crippen molar-refractivity contribution in [3.63, 3.8) is 0 Å². The molecule has 1 aliphatic heterocycles. The number of esters is 1. The van der Waals surface area contributed by atoms with E-state index < -0.39 is 6.10 Å². The molecule has 4 heteroatoms. The van der Waals surface area contributed by atoms with Crippen molar-refractivity contribution >= 4 is 5.97 Å². The van der Waals surface area contributed by atoms with Crippen molar-refractivity contribution < 1.29 is 14.3 Å². The second-order valence-electron chi connectivity index (χ2n) is 4.62. The molecule has 98 valence electrons. The molecule has 1 fully saturated rings. The fourth-order valence-electron chi connectivity index (χ4n) is 2.13. The number of nitrogens with zero attached hydrogens (tertiary/aromatic N) is 1. The maximum absolute atomic E-state index is 11.4. The largest absolute Gasteiger partial charge is 0.467 e. The monoisotopic (exact) mass is 241 g/mol. The van der Waals surface area contributed by atoms with Gasteiger partial charge in [0.15, 0.2) is 6.10 Å². The van der Waals surface area contributed by atoms with Gasteiger partial charge in [0.2, 0.25) is 0 Å². The highest BCUT2D eigenvalue weighted by Gasteiger charge is 2.30. The molecular formula is C13H23NO3. The Kier molecular flexibility index (Phi) is 5.65. The first-order valence-corrected chi connectivity index (χ1v) is 6.14. The third-order valence-electron chi connectivity index (χ3n) is 3.50. The topological polar surface area (TPSA) is 38.8 Å². The van der Waals surface area contributed by atoms with Crippen molar-refractivity contribution in [2.24, 2.45) is 5.92 Å². The summed E-state index contributed by atoms with van der Waals surface area (Å²) >= 11 is 0. The van der Waals surface area contributed by atoms with Gasteiger partial charge in [0.1, 0.15) is 0 Å². The Morgan fingerprint density at radius 1 is 1.65 bits per heavy atom. The molecule has 0 spiro atoms. The van der Waals surface area contributed by atoms with Crippen LogP contribution < -0.4 is 0 Å². The van der Waals surface area contributed by atoms with Gasteiger partial charge in [-0.2, -0.15) is 0 Å². The standard InChI is InChI=1S/C13H23NO3/c1-5-6-10(2)11(3)14-7-8-17-12(9-14)13(15)16-4/h5,10-12H,1,6-9H2,2-4H3. The Balaban J connectivity index is 2.53. The van der Waals surface area contributed by atoms with E-state index in [2.05, 4.69) is 25.3 Å². The Labute approximate surface area is 104 Å². The second-order valence-corrected chi connectivity index (χ2v) is 4.62. The molecule has 1 rings (SSSR count). The molecule has 17 heavy (non-hydrogen) atoms. The van der Waals surface area contributed by atoms with Gasteiger partial charge in [0.25, 0.3) is 0 Å². The number of allylic oxidation sites excluding steroid dienone is 1. The lowest BCUT2D eigenvalue weighted by Gasteiger charge is -2.38. The van der Waals surface area contributed by atoms with E-state index >= 15 is 0 Å². The summed E-state index contributed by atoms with van der Waals surface area (Å²) in [7, 11) is 1.40.